The van der Waals surface area contributed by atoms with Gasteiger partial charge in [0, 0.05) is 24.2 Å². The van der Waals surface area contributed by atoms with Gasteiger partial charge in [0.15, 0.2) is 0 Å². The van der Waals surface area contributed by atoms with E-state index in [0.29, 0.717) is 0 Å². The van der Waals surface area contributed by atoms with Gasteiger partial charge in [-0.05, 0) is 44.0 Å². The third-order valence-electron chi connectivity index (χ3n) is 2.34. The highest BCUT2D eigenvalue weighted by atomic mass is 79.9. The molecule has 0 aromatic heterocycles. The minimum atomic E-state index is 0. The van der Waals surface area contributed by atoms with E-state index in [-0.39, 0.29) is 12.4 Å². The van der Waals surface area contributed by atoms with Crippen molar-refractivity contribution in [2.24, 2.45) is 0 Å². The first-order valence-electron chi connectivity index (χ1n) is 5.86. The number of hydrogen-bond acceptors (Lipinski definition) is 2. The van der Waals surface area contributed by atoms with Crippen LogP contribution in [-0.4, -0.2) is 19.8 Å². The summed E-state index contributed by atoms with van der Waals surface area (Å²) >= 11 is 3.43. The van der Waals surface area contributed by atoms with Crippen molar-refractivity contribution >= 4 is 28.3 Å². The summed E-state index contributed by atoms with van der Waals surface area (Å²) in [5.74, 6) is 0. The summed E-state index contributed by atoms with van der Waals surface area (Å²) in [6.45, 7) is 5.75. The van der Waals surface area contributed by atoms with Gasteiger partial charge < -0.3 is 10.1 Å². The van der Waals surface area contributed by atoms with Gasteiger partial charge in [0.25, 0.3) is 0 Å². The van der Waals surface area contributed by atoms with Gasteiger partial charge in [0.2, 0.25) is 0 Å². The lowest BCUT2D eigenvalue weighted by molar-refractivity contribution is 0.143. The van der Waals surface area contributed by atoms with Crippen LogP contribution in [-0.2, 0) is 11.3 Å². The molecule has 0 bridgehead atoms. The topological polar surface area (TPSA) is 21.3 Å². The molecule has 0 aliphatic heterocycles. The van der Waals surface area contributed by atoms with Crippen LogP contribution in [0.25, 0.3) is 0 Å². The average Bonchev–Trinajstić information content (AvgIpc) is 2.30. The van der Waals surface area contributed by atoms with Crippen LogP contribution in [0.1, 0.15) is 25.3 Å². The Labute approximate surface area is 119 Å². The van der Waals surface area contributed by atoms with Crippen molar-refractivity contribution in [1.82, 2.24) is 5.32 Å². The fourth-order valence-corrected chi connectivity index (χ4v) is 1.70. The Balaban J connectivity index is 0.00000256. The predicted octanol–water partition coefficient (Wildman–Crippen LogP) is 3.78. The number of hydrogen-bond donors (Lipinski definition) is 1. The first kappa shape index (κ1) is 16.9. The molecule has 0 aliphatic carbocycles. The maximum Gasteiger partial charge on any atom is 0.0466 e. The summed E-state index contributed by atoms with van der Waals surface area (Å²) < 4.78 is 6.41. The normalized spacial score (nSPS) is 10.0. The quantitative estimate of drug-likeness (QED) is 0.736. The van der Waals surface area contributed by atoms with E-state index in [9.17, 15) is 0 Å². The molecule has 1 aromatic carbocycles. The van der Waals surface area contributed by atoms with Crippen LogP contribution >= 0.6 is 28.3 Å². The number of rotatable bonds is 8. The number of nitrogens with one attached hydrogen (secondary N) is 1. The van der Waals surface area contributed by atoms with Crippen LogP contribution in [0.5, 0.6) is 0 Å². The minimum Gasteiger partial charge on any atom is -0.382 e. The Kier molecular flexibility index (Phi) is 11.0. The van der Waals surface area contributed by atoms with Crippen molar-refractivity contribution < 1.29 is 4.74 Å². The second-order valence-corrected chi connectivity index (χ2v) is 4.62. The molecule has 1 rings (SSSR count). The van der Waals surface area contributed by atoms with E-state index in [1.165, 1.54) is 12.0 Å². The average molecular weight is 323 g/mol. The molecular formula is C13H21BrClNO. The maximum atomic E-state index is 5.28. The second kappa shape index (κ2) is 11.0. The number of benzene rings is 1. The van der Waals surface area contributed by atoms with Gasteiger partial charge in [0.05, 0.1) is 0 Å². The van der Waals surface area contributed by atoms with Gasteiger partial charge in [-0.25, -0.2) is 0 Å². The van der Waals surface area contributed by atoms with Gasteiger partial charge in [-0.1, -0.05) is 28.1 Å². The molecule has 2 nitrogen and oxygen atoms in total. The van der Waals surface area contributed by atoms with Crippen molar-refractivity contribution in [2.75, 3.05) is 19.8 Å². The molecule has 4 heteroatoms. The zero-order valence-electron chi connectivity index (χ0n) is 10.2. The molecular weight excluding hydrogens is 302 g/mol. The summed E-state index contributed by atoms with van der Waals surface area (Å²) in [6, 6.07) is 8.42. The Morgan fingerprint density at radius 2 is 1.88 bits per heavy atom. The Morgan fingerprint density at radius 1 is 1.18 bits per heavy atom. The van der Waals surface area contributed by atoms with Gasteiger partial charge in [-0.3, -0.25) is 0 Å². The first-order valence-corrected chi connectivity index (χ1v) is 6.65. The third kappa shape index (κ3) is 8.61. The lowest BCUT2D eigenvalue weighted by Crippen LogP contribution is -2.15. The van der Waals surface area contributed by atoms with Crippen molar-refractivity contribution in [3.8, 4) is 0 Å². The van der Waals surface area contributed by atoms with E-state index >= 15 is 0 Å². The monoisotopic (exact) mass is 321 g/mol. The lowest BCUT2D eigenvalue weighted by Gasteiger charge is -2.05. The smallest absolute Gasteiger partial charge is 0.0466 e. The molecule has 0 atom stereocenters. The summed E-state index contributed by atoms with van der Waals surface area (Å²) in [4.78, 5) is 0. The molecule has 17 heavy (non-hydrogen) atoms. The fraction of sp³-hybridized carbons (Fsp3) is 0.538. The maximum absolute atomic E-state index is 5.28. The zero-order valence-corrected chi connectivity index (χ0v) is 12.6. The standard InChI is InChI=1S/C13H20BrNO.ClH/c1-2-16-10-4-3-9-15-11-12-5-7-13(14)8-6-12;/h5-8,15H,2-4,9-11H2,1H3;1H. The van der Waals surface area contributed by atoms with Crippen LogP contribution < -0.4 is 5.32 Å². The Morgan fingerprint density at radius 3 is 2.53 bits per heavy atom. The molecule has 98 valence electrons. The summed E-state index contributed by atoms with van der Waals surface area (Å²) in [5.41, 5.74) is 1.33. The van der Waals surface area contributed by atoms with Crippen molar-refractivity contribution in [2.45, 2.75) is 26.3 Å². The van der Waals surface area contributed by atoms with E-state index in [1.54, 1.807) is 0 Å². The largest absolute Gasteiger partial charge is 0.382 e. The van der Waals surface area contributed by atoms with E-state index < -0.39 is 0 Å². The molecule has 0 unspecified atom stereocenters. The van der Waals surface area contributed by atoms with E-state index in [2.05, 4.69) is 45.5 Å². The van der Waals surface area contributed by atoms with Gasteiger partial charge in [0.1, 0.15) is 0 Å². The third-order valence-corrected chi connectivity index (χ3v) is 2.87. The van der Waals surface area contributed by atoms with Crippen molar-refractivity contribution in [1.29, 1.82) is 0 Å². The fourth-order valence-electron chi connectivity index (χ4n) is 1.43. The second-order valence-electron chi connectivity index (χ2n) is 3.71. The van der Waals surface area contributed by atoms with Crippen LogP contribution in [0, 0.1) is 0 Å². The lowest BCUT2D eigenvalue weighted by atomic mass is 10.2. The van der Waals surface area contributed by atoms with E-state index in [4.69, 9.17) is 4.74 Å². The van der Waals surface area contributed by atoms with Crippen molar-refractivity contribution in [3.05, 3.63) is 34.3 Å². The summed E-state index contributed by atoms with van der Waals surface area (Å²) in [5, 5.41) is 3.43. The van der Waals surface area contributed by atoms with Gasteiger partial charge >= 0.3 is 0 Å². The van der Waals surface area contributed by atoms with Crippen LogP contribution in [0.15, 0.2) is 28.7 Å². The van der Waals surface area contributed by atoms with Crippen molar-refractivity contribution in [3.63, 3.8) is 0 Å². The zero-order chi connectivity index (χ0) is 11.6. The molecule has 0 amide bonds. The van der Waals surface area contributed by atoms with E-state index in [1.807, 2.05) is 6.92 Å². The highest BCUT2D eigenvalue weighted by Crippen LogP contribution is 2.10. The number of unbranched alkanes of at least 4 members (excludes halogenated alkanes) is 1. The summed E-state index contributed by atoms with van der Waals surface area (Å²) in [6.07, 6.45) is 2.32. The first-order chi connectivity index (χ1) is 7.83. The molecule has 0 aliphatic rings. The number of ether oxygens (including phenoxy) is 1. The molecule has 0 saturated heterocycles. The minimum absolute atomic E-state index is 0. The molecule has 0 heterocycles. The van der Waals surface area contributed by atoms with Crippen LogP contribution in [0.2, 0.25) is 0 Å². The molecule has 0 spiro atoms. The predicted molar refractivity (Wildman–Crippen MR) is 78.8 cm³/mol. The van der Waals surface area contributed by atoms with Gasteiger partial charge in [-0.15, -0.1) is 12.4 Å². The highest BCUT2D eigenvalue weighted by molar-refractivity contribution is 9.10. The molecule has 1 aromatic rings. The van der Waals surface area contributed by atoms with E-state index in [0.717, 1.165) is 37.2 Å². The Hall–Kier alpha value is -0.0900. The SMILES string of the molecule is CCOCCCCNCc1ccc(Br)cc1.Cl. The highest BCUT2D eigenvalue weighted by Gasteiger charge is 1.93. The molecule has 1 N–H and O–H groups in total. The van der Waals surface area contributed by atoms with Crippen LogP contribution in [0.4, 0.5) is 0 Å². The van der Waals surface area contributed by atoms with Crippen LogP contribution in [0.3, 0.4) is 0 Å². The molecule has 0 radical (unpaired) electrons. The van der Waals surface area contributed by atoms with Gasteiger partial charge in [-0.2, -0.15) is 0 Å². The Bertz CT molecular complexity index is 279. The number of halogens is 2. The summed E-state index contributed by atoms with van der Waals surface area (Å²) in [7, 11) is 0. The molecule has 0 saturated carbocycles. The molecule has 0 fully saturated rings.